The molecule has 4 atom stereocenters. The fraction of sp³-hybridized carbons (Fsp3) is 0.133. The molecule has 13 nitrogen and oxygen atoms in total. The zero-order chi connectivity index (χ0) is 31.2. The lowest BCUT2D eigenvalue weighted by Crippen LogP contribution is -2.36. The van der Waals surface area contributed by atoms with Gasteiger partial charge in [-0.05, 0) is 35.4 Å². The summed E-state index contributed by atoms with van der Waals surface area (Å²) in [4.78, 5) is 24.4. The Morgan fingerprint density at radius 1 is 0.465 bits per heavy atom. The fourth-order valence-electron chi connectivity index (χ4n) is 4.71. The van der Waals surface area contributed by atoms with Crippen molar-refractivity contribution in [1.82, 2.24) is 0 Å². The van der Waals surface area contributed by atoms with Gasteiger partial charge in [0.15, 0.2) is 35.9 Å². The van der Waals surface area contributed by atoms with E-state index < -0.39 is 53.2 Å². The van der Waals surface area contributed by atoms with Crippen LogP contribution in [0.2, 0.25) is 0 Å². The molecule has 222 valence electrons. The van der Waals surface area contributed by atoms with Gasteiger partial charge in [0.1, 0.15) is 51.4 Å². The van der Waals surface area contributed by atoms with E-state index >= 15 is 0 Å². The van der Waals surface area contributed by atoms with E-state index in [4.69, 9.17) is 9.47 Å². The normalized spacial score (nSPS) is 20.5. The molecule has 0 aromatic heterocycles. The Labute approximate surface area is 241 Å². The molecule has 0 radical (unpaired) electrons. The van der Waals surface area contributed by atoms with Crippen molar-refractivity contribution in [3.63, 3.8) is 0 Å². The standard InChI is InChI=1S/C15H12O7.C15H12O6/c16-7-4-10(19)12-11(5-7)22-15(14(21)13(12)20)6-1-2-8(17)9(18)3-6;16-8-3-1-7(2-4-8)15-14(20)13(19)12-10(18)5-9(17)6-11(12)21-15/h1-5,14-19,21H;1-6,14-18,20H. The van der Waals surface area contributed by atoms with Gasteiger partial charge in [-0.2, -0.15) is 0 Å². The molecular formula is C30H24O13. The van der Waals surface area contributed by atoms with E-state index in [0.717, 1.165) is 24.3 Å². The number of fused-ring (bicyclic) bond motifs is 2. The number of phenolic OH excluding ortho intramolecular Hbond substituents is 7. The van der Waals surface area contributed by atoms with E-state index in [9.17, 15) is 55.5 Å². The Morgan fingerprint density at radius 2 is 0.907 bits per heavy atom. The third kappa shape index (κ3) is 5.37. The average Bonchev–Trinajstić information content (AvgIpc) is 2.94. The highest BCUT2D eigenvalue weighted by Gasteiger charge is 2.40. The first-order valence-corrected chi connectivity index (χ1v) is 12.6. The van der Waals surface area contributed by atoms with Crippen molar-refractivity contribution in [2.24, 2.45) is 0 Å². The lowest BCUT2D eigenvalue weighted by molar-refractivity contribution is 0.0208. The highest BCUT2D eigenvalue weighted by molar-refractivity contribution is 6.06. The van der Waals surface area contributed by atoms with E-state index in [1.807, 2.05) is 0 Å². The summed E-state index contributed by atoms with van der Waals surface area (Å²) in [7, 11) is 0. The van der Waals surface area contributed by atoms with Gasteiger partial charge in [0.2, 0.25) is 11.6 Å². The summed E-state index contributed by atoms with van der Waals surface area (Å²) in [5.41, 5.74) is 0.367. The minimum Gasteiger partial charge on any atom is -0.508 e. The van der Waals surface area contributed by atoms with Gasteiger partial charge >= 0.3 is 0 Å². The molecule has 13 heteroatoms. The predicted molar refractivity (Wildman–Crippen MR) is 145 cm³/mol. The maximum Gasteiger partial charge on any atom is 0.202 e. The van der Waals surface area contributed by atoms with Crippen LogP contribution in [-0.2, 0) is 0 Å². The topological polar surface area (TPSA) is 235 Å². The minimum atomic E-state index is -1.60. The summed E-state index contributed by atoms with van der Waals surface area (Å²) in [6.07, 6.45) is -5.22. The molecular weight excluding hydrogens is 568 g/mol. The summed E-state index contributed by atoms with van der Waals surface area (Å²) in [6.45, 7) is 0. The number of Topliss-reactive ketones (excluding diaryl/α,β-unsaturated/α-hetero) is 2. The second-order valence-corrected chi connectivity index (χ2v) is 9.71. The van der Waals surface area contributed by atoms with Crippen molar-refractivity contribution in [3.05, 3.63) is 89.0 Å². The molecule has 0 aliphatic carbocycles. The van der Waals surface area contributed by atoms with Crippen LogP contribution in [0.15, 0.2) is 66.7 Å². The average molecular weight is 593 g/mol. The largest absolute Gasteiger partial charge is 0.508 e. The second-order valence-electron chi connectivity index (χ2n) is 9.71. The summed E-state index contributed by atoms with van der Waals surface area (Å²) >= 11 is 0. The van der Waals surface area contributed by atoms with Crippen LogP contribution in [0.4, 0.5) is 0 Å². The van der Waals surface area contributed by atoms with Crippen LogP contribution in [-0.4, -0.2) is 69.7 Å². The van der Waals surface area contributed by atoms with Crippen molar-refractivity contribution in [1.29, 1.82) is 0 Å². The summed E-state index contributed by atoms with van der Waals surface area (Å²) in [5.74, 6) is -3.75. The van der Waals surface area contributed by atoms with Gasteiger partial charge < -0.3 is 55.4 Å². The van der Waals surface area contributed by atoms with Crippen LogP contribution in [0.25, 0.3) is 0 Å². The van der Waals surface area contributed by atoms with Crippen molar-refractivity contribution in [2.45, 2.75) is 24.4 Å². The van der Waals surface area contributed by atoms with Crippen molar-refractivity contribution >= 4 is 11.6 Å². The van der Waals surface area contributed by atoms with Crippen LogP contribution in [0, 0.1) is 0 Å². The number of carbonyl (C=O) groups is 2. The molecule has 2 heterocycles. The third-order valence-corrected chi connectivity index (χ3v) is 6.79. The quantitative estimate of drug-likeness (QED) is 0.152. The molecule has 0 bridgehead atoms. The molecule has 0 spiro atoms. The minimum absolute atomic E-state index is 0.000810. The van der Waals surface area contributed by atoms with Crippen LogP contribution in [0.1, 0.15) is 44.1 Å². The molecule has 9 N–H and O–H groups in total. The van der Waals surface area contributed by atoms with Gasteiger partial charge in [-0.3, -0.25) is 9.59 Å². The van der Waals surface area contributed by atoms with Gasteiger partial charge in [0.05, 0.1) is 0 Å². The lowest BCUT2D eigenvalue weighted by Gasteiger charge is -2.30. The van der Waals surface area contributed by atoms with Gasteiger partial charge in [-0.15, -0.1) is 0 Å². The van der Waals surface area contributed by atoms with E-state index in [2.05, 4.69) is 0 Å². The maximum absolute atomic E-state index is 12.2. The fourth-order valence-corrected chi connectivity index (χ4v) is 4.71. The first-order valence-electron chi connectivity index (χ1n) is 12.6. The number of hydrogen-bond donors (Lipinski definition) is 9. The summed E-state index contributed by atoms with van der Waals surface area (Å²) in [5, 5.41) is 86.6. The number of aliphatic hydroxyl groups excluding tert-OH is 2. The number of aromatic hydroxyl groups is 7. The third-order valence-electron chi connectivity index (χ3n) is 6.79. The van der Waals surface area contributed by atoms with Crippen molar-refractivity contribution in [3.8, 4) is 51.7 Å². The Kier molecular flexibility index (Phi) is 7.36. The number of benzene rings is 4. The number of hydrogen-bond acceptors (Lipinski definition) is 13. The van der Waals surface area contributed by atoms with Crippen molar-refractivity contribution in [2.75, 3.05) is 0 Å². The predicted octanol–water partition coefficient (Wildman–Crippen LogP) is 2.67. The first-order chi connectivity index (χ1) is 20.3. The van der Waals surface area contributed by atoms with Gasteiger partial charge in [0.25, 0.3) is 0 Å². The molecule has 43 heavy (non-hydrogen) atoms. The molecule has 4 unspecified atom stereocenters. The zero-order valence-electron chi connectivity index (χ0n) is 21.8. The van der Waals surface area contributed by atoms with E-state index in [1.165, 1.54) is 42.5 Å². The molecule has 4 aromatic rings. The number of phenols is 7. The Bertz CT molecular complexity index is 1730. The Morgan fingerprint density at radius 3 is 1.37 bits per heavy atom. The maximum atomic E-state index is 12.2. The smallest absolute Gasteiger partial charge is 0.202 e. The van der Waals surface area contributed by atoms with E-state index in [1.54, 1.807) is 0 Å². The van der Waals surface area contributed by atoms with Crippen LogP contribution >= 0.6 is 0 Å². The van der Waals surface area contributed by atoms with E-state index in [0.29, 0.717) is 5.56 Å². The SMILES string of the molecule is O=C1c2c(O)cc(O)cc2OC(c2ccc(O)c(O)c2)C1O.O=C1c2c(O)cc(O)cc2OC(c2ccc(O)cc2)C1O. The van der Waals surface area contributed by atoms with E-state index in [-0.39, 0.29) is 51.2 Å². The number of carbonyl (C=O) groups excluding carboxylic acids is 2. The van der Waals surface area contributed by atoms with Gasteiger partial charge in [-0.1, -0.05) is 18.2 Å². The Balaban J connectivity index is 0.000000171. The van der Waals surface area contributed by atoms with Gasteiger partial charge in [0, 0.05) is 24.3 Å². The molecule has 0 fully saturated rings. The highest BCUT2D eigenvalue weighted by Crippen LogP contribution is 2.43. The number of aliphatic hydroxyl groups is 2. The lowest BCUT2D eigenvalue weighted by atomic mass is 9.92. The van der Waals surface area contributed by atoms with Crippen molar-refractivity contribution < 1.29 is 65.0 Å². The zero-order valence-corrected chi connectivity index (χ0v) is 21.8. The Hall–Kier alpha value is -5.66. The van der Waals surface area contributed by atoms with Crippen LogP contribution < -0.4 is 9.47 Å². The summed E-state index contributed by atoms with van der Waals surface area (Å²) < 4.78 is 11.0. The second kappa shape index (κ2) is 11.0. The monoisotopic (exact) mass is 592 g/mol. The number of ether oxygens (including phenoxy) is 2. The molecule has 0 saturated heterocycles. The molecule has 4 aromatic carbocycles. The number of rotatable bonds is 2. The molecule has 6 rings (SSSR count). The first kappa shape index (κ1) is 28.9. The van der Waals surface area contributed by atoms with Gasteiger partial charge in [-0.25, -0.2) is 0 Å². The van der Waals surface area contributed by atoms with Crippen LogP contribution in [0.5, 0.6) is 51.7 Å². The molecule has 0 saturated carbocycles. The molecule has 2 aliphatic heterocycles. The molecule has 0 amide bonds. The number of ketones is 2. The highest BCUT2D eigenvalue weighted by atomic mass is 16.5. The summed E-state index contributed by atoms with van der Waals surface area (Å²) in [6, 6.07) is 13.9. The van der Waals surface area contributed by atoms with Crippen LogP contribution in [0.3, 0.4) is 0 Å². The molecule has 2 aliphatic rings.